The number of hydrogen-bond donors (Lipinski definition) is 0. The van der Waals surface area contributed by atoms with Crippen molar-refractivity contribution in [2.24, 2.45) is 0 Å². The van der Waals surface area contributed by atoms with Crippen molar-refractivity contribution < 1.29 is 18.9 Å². The maximum atomic E-state index is 5.93. The van der Waals surface area contributed by atoms with Crippen molar-refractivity contribution in [2.75, 3.05) is 76.6 Å². The van der Waals surface area contributed by atoms with Crippen molar-refractivity contribution in [1.82, 2.24) is 0 Å². The third kappa shape index (κ3) is 5.78. The molecule has 0 saturated carbocycles. The van der Waals surface area contributed by atoms with Crippen LogP contribution in [-0.2, 0) is 9.47 Å². The topological polar surface area (TPSA) is 43.4 Å². The molecule has 3 rings (SSSR count). The molecule has 0 atom stereocenters. The number of anilines is 2. The summed E-state index contributed by atoms with van der Waals surface area (Å²) in [5, 5.41) is 0. The molecule has 0 N–H and O–H groups in total. The number of methoxy groups -OCH3 is 2. The van der Waals surface area contributed by atoms with Crippen LogP contribution in [0.5, 0.6) is 11.5 Å². The maximum absolute atomic E-state index is 5.93. The molecule has 6 nitrogen and oxygen atoms in total. The van der Waals surface area contributed by atoms with Crippen LogP contribution in [-0.4, -0.2) is 66.8 Å². The van der Waals surface area contributed by atoms with E-state index in [9.17, 15) is 0 Å². The highest BCUT2D eigenvalue weighted by molar-refractivity contribution is 5.50. The van der Waals surface area contributed by atoms with Crippen molar-refractivity contribution in [3.8, 4) is 11.5 Å². The summed E-state index contributed by atoms with van der Waals surface area (Å²) in [7, 11) is 3.37. The van der Waals surface area contributed by atoms with Crippen LogP contribution in [0.15, 0.2) is 48.5 Å². The smallest absolute Gasteiger partial charge is 0.119 e. The second-order valence-corrected chi connectivity index (χ2v) is 6.59. The molecule has 2 aromatic carbocycles. The number of ether oxygens (including phenoxy) is 4. The fourth-order valence-electron chi connectivity index (χ4n) is 3.23. The van der Waals surface area contributed by atoms with Gasteiger partial charge in [0.15, 0.2) is 0 Å². The molecule has 2 aromatic rings. The van der Waals surface area contributed by atoms with Gasteiger partial charge in [0, 0.05) is 37.6 Å². The Morgan fingerprint density at radius 1 is 0.571 bits per heavy atom. The Morgan fingerprint density at radius 3 is 1.18 bits per heavy atom. The van der Waals surface area contributed by atoms with E-state index < -0.39 is 0 Å². The quantitative estimate of drug-likeness (QED) is 0.805. The molecule has 0 aliphatic carbocycles. The lowest BCUT2D eigenvalue weighted by Gasteiger charge is -2.28. The van der Waals surface area contributed by atoms with Gasteiger partial charge in [-0.05, 0) is 48.5 Å². The van der Waals surface area contributed by atoms with E-state index in [0.29, 0.717) is 26.4 Å². The van der Waals surface area contributed by atoms with Crippen molar-refractivity contribution in [2.45, 2.75) is 0 Å². The van der Waals surface area contributed by atoms with E-state index in [1.165, 1.54) is 0 Å². The van der Waals surface area contributed by atoms with Gasteiger partial charge in [-0.1, -0.05) is 0 Å². The third-order valence-corrected chi connectivity index (χ3v) is 4.90. The van der Waals surface area contributed by atoms with Crippen molar-refractivity contribution >= 4 is 11.4 Å². The van der Waals surface area contributed by atoms with E-state index in [-0.39, 0.29) is 0 Å². The first-order valence-corrected chi connectivity index (χ1v) is 9.73. The SMILES string of the molecule is COc1ccc(N2CCOCCN(c3ccc(OC)cc3)CCOCC2)cc1. The summed E-state index contributed by atoms with van der Waals surface area (Å²) >= 11 is 0. The second-order valence-electron chi connectivity index (χ2n) is 6.59. The molecule has 0 amide bonds. The summed E-state index contributed by atoms with van der Waals surface area (Å²) in [4.78, 5) is 4.59. The number of rotatable bonds is 4. The van der Waals surface area contributed by atoms with Crippen molar-refractivity contribution in [3.63, 3.8) is 0 Å². The summed E-state index contributed by atoms with van der Waals surface area (Å²) < 4.78 is 22.3. The predicted molar refractivity (Wildman–Crippen MR) is 112 cm³/mol. The van der Waals surface area contributed by atoms with Crippen LogP contribution < -0.4 is 19.3 Å². The van der Waals surface area contributed by atoms with Crippen LogP contribution >= 0.6 is 0 Å². The Balaban J connectivity index is 1.56. The minimum atomic E-state index is 0.683. The van der Waals surface area contributed by atoms with Gasteiger partial charge in [0.25, 0.3) is 0 Å². The number of benzene rings is 2. The summed E-state index contributed by atoms with van der Waals surface area (Å²) in [5.41, 5.74) is 2.31. The average molecular weight is 386 g/mol. The Morgan fingerprint density at radius 2 is 0.893 bits per heavy atom. The van der Waals surface area contributed by atoms with Gasteiger partial charge in [0.2, 0.25) is 0 Å². The maximum Gasteiger partial charge on any atom is 0.119 e. The van der Waals surface area contributed by atoms with Crippen molar-refractivity contribution in [1.29, 1.82) is 0 Å². The molecule has 0 radical (unpaired) electrons. The molecule has 1 aliphatic heterocycles. The normalized spacial score (nSPS) is 16.8. The summed E-state index contributed by atoms with van der Waals surface area (Å²) in [6.45, 7) is 6.06. The Bertz CT molecular complexity index is 617. The first-order valence-electron chi connectivity index (χ1n) is 9.73. The van der Waals surface area contributed by atoms with Gasteiger partial charge in [0.1, 0.15) is 11.5 Å². The Kier molecular flexibility index (Phi) is 7.82. The summed E-state index contributed by atoms with van der Waals surface area (Å²) in [6.07, 6.45) is 0. The first-order chi connectivity index (χ1) is 13.8. The first kappa shape index (κ1) is 20.3. The molecular formula is C22H30N2O4. The molecule has 1 fully saturated rings. The minimum absolute atomic E-state index is 0.683. The average Bonchev–Trinajstić information content (AvgIpc) is 2.74. The van der Waals surface area contributed by atoms with Crippen molar-refractivity contribution in [3.05, 3.63) is 48.5 Å². The van der Waals surface area contributed by atoms with E-state index in [1.54, 1.807) is 14.2 Å². The van der Waals surface area contributed by atoms with Crippen LogP contribution in [0.25, 0.3) is 0 Å². The summed E-state index contributed by atoms with van der Waals surface area (Å²) in [6, 6.07) is 16.3. The molecule has 0 unspecified atom stereocenters. The standard InChI is InChI=1S/C22H30N2O4/c1-25-21-7-3-19(4-8-21)23-11-15-27-17-13-24(14-18-28-16-12-23)20-5-9-22(26-2)10-6-20/h3-10H,11-18H2,1-2H3. The molecule has 152 valence electrons. The zero-order chi connectivity index (χ0) is 19.6. The lowest BCUT2D eigenvalue weighted by molar-refractivity contribution is 0.123. The van der Waals surface area contributed by atoms with Gasteiger partial charge in [-0.3, -0.25) is 0 Å². The van der Waals surface area contributed by atoms with Gasteiger partial charge >= 0.3 is 0 Å². The molecule has 1 heterocycles. The van der Waals surface area contributed by atoms with E-state index in [2.05, 4.69) is 34.1 Å². The largest absolute Gasteiger partial charge is 0.497 e. The fraction of sp³-hybridized carbons (Fsp3) is 0.455. The van der Waals surface area contributed by atoms with Gasteiger partial charge in [-0.25, -0.2) is 0 Å². The molecule has 1 aliphatic rings. The van der Waals surface area contributed by atoms with Gasteiger partial charge < -0.3 is 28.7 Å². The lowest BCUT2D eigenvalue weighted by atomic mass is 10.2. The van der Waals surface area contributed by atoms with Crippen LogP contribution in [0.3, 0.4) is 0 Å². The van der Waals surface area contributed by atoms with E-state index in [4.69, 9.17) is 18.9 Å². The molecule has 0 spiro atoms. The van der Waals surface area contributed by atoms with Crippen LogP contribution in [0.4, 0.5) is 11.4 Å². The van der Waals surface area contributed by atoms with E-state index in [1.807, 2.05) is 24.3 Å². The van der Waals surface area contributed by atoms with Gasteiger partial charge in [-0.2, -0.15) is 0 Å². The molecule has 28 heavy (non-hydrogen) atoms. The molecule has 0 bridgehead atoms. The number of hydrogen-bond acceptors (Lipinski definition) is 6. The predicted octanol–water partition coefficient (Wildman–Crippen LogP) is 3.06. The van der Waals surface area contributed by atoms with Gasteiger partial charge in [0.05, 0.1) is 40.6 Å². The monoisotopic (exact) mass is 386 g/mol. The number of nitrogens with zero attached hydrogens (tertiary/aromatic N) is 2. The van der Waals surface area contributed by atoms with Crippen LogP contribution in [0.2, 0.25) is 0 Å². The highest BCUT2D eigenvalue weighted by atomic mass is 16.5. The summed E-state index contributed by atoms with van der Waals surface area (Å²) in [5.74, 6) is 1.73. The highest BCUT2D eigenvalue weighted by Crippen LogP contribution is 2.20. The molecular weight excluding hydrogens is 356 g/mol. The third-order valence-electron chi connectivity index (χ3n) is 4.90. The van der Waals surface area contributed by atoms with E-state index in [0.717, 1.165) is 49.1 Å². The van der Waals surface area contributed by atoms with Crippen LogP contribution in [0.1, 0.15) is 0 Å². The second kappa shape index (κ2) is 10.8. The van der Waals surface area contributed by atoms with E-state index >= 15 is 0 Å². The Hall–Kier alpha value is -2.44. The Labute approximate surface area is 167 Å². The zero-order valence-electron chi connectivity index (χ0n) is 16.8. The fourth-order valence-corrected chi connectivity index (χ4v) is 3.23. The molecule has 6 heteroatoms. The van der Waals surface area contributed by atoms with Crippen LogP contribution in [0, 0.1) is 0 Å². The zero-order valence-corrected chi connectivity index (χ0v) is 16.8. The highest BCUT2D eigenvalue weighted by Gasteiger charge is 2.11. The molecule has 1 saturated heterocycles. The van der Waals surface area contributed by atoms with Gasteiger partial charge in [-0.15, -0.1) is 0 Å². The minimum Gasteiger partial charge on any atom is -0.497 e. The molecule has 0 aromatic heterocycles. The lowest BCUT2D eigenvalue weighted by Crippen LogP contribution is -2.36.